The number of fused-ring (bicyclic) bond motifs is 1. The van der Waals surface area contributed by atoms with E-state index in [2.05, 4.69) is 45.5 Å². The van der Waals surface area contributed by atoms with Crippen molar-refractivity contribution >= 4 is 40.4 Å². The first-order valence-electron chi connectivity index (χ1n) is 11.8. The third-order valence-corrected chi connectivity index (χ3v) is 6.73. The molecule has 2 aliphatic rings. The minimum Gasteiger partial charge on any atom is -0.459 e. The van der Waals surface area contributed by atoms with Gasteiger partial charge >= 0.3 is 0 Å². The van der Waals surface area contributed by atoms with E-state index in [-0.39, 0.29) is 11.7 Å². The molecule has 1 N–H and O–H groups in total. The van der Waals surface area contributed by atoms with Gasteiger partial charge in [0.25, 0.3) is 5.91 Å². The highest BCUT2D eigenvalue weighted by Crippen LogP contribution is 2.34. The Kier molecular flexibility index (Phi) is 6.01. The number of aromatic nitrogens is 1. The van der Waals surface area contributed by atoms with Crippen LogP contribution < -0.4 is 10.2 Å². The number of carbonyl (C=O) groups excluding carboxylic acids is 1. The third kappa shape index (κ3) is 4.51. The molecule has 0 unspecified atom stereocenters. The molecule has 2 aliphatic heterocycles. The zero-order chi connectivity index (χ0) is 24.5. The van der Waals surface area contributed by atoms with E-state index in [1.165, 1.54) is 12.0 Å². The van der Waals surface area contributed by atoms with Gasteiger partial charge in [0, 0.05) is 58.8 Å². The molecule has 0 radical (unpaired) electrons. The van der Waals surface area contributed by atoms with Crippen molar-refractivity contribution in [1.29, 1.82) is 0 Å². The first-order valence-corrected chi connectivity index (χ1v) is 12.2. The molecule has 180 valence electrons. The van der Waals surface area contributed by atoms with Crippen molar-refractivity contribution in [2.24, 2.45) is 4.99 Å². The average Bonchev–Trinajstić information content (AvgIpc) is 3.60. The number of nitrogens with one attached hydrogen (secondary N) is 1. The second-order valence-corrected chi connectivity index (χ2v) is 9.12. The number of pyridine rings is 1. The molecular weight excluding hydrogens is 476 g/mol. The minimum atomic E-state index is -0.323. The monoisotopic (exact) mass is 498 g/mol. The van der Waals surface area contributed by atoms with Crippen molar-refractivity contribution in [1.82, 2.24) is 4.98 Å². The Labute approximate surface area is 213 Å². The number of halogens is 1. The zero-order valence-electron chi connectivity index (χ0n) is 19.4. The van der Waals surface area contributed by atoms with E-state index in [0.29, 0.717) is 22.9 Å². The first kappa shape index (κ1) is 22.5. The molecule has 0 saturated carbocycles. The Balaban J connectivity index is 1.20. The molecule has 0 aliphatic carbocycles. The summed E-state index contributed by atoms with van der Waals surface area (Å²) in [6, 6.07) is 19.3. The van der Waals surface area contributed by atoms with Crippen molar-refractivity contribution < 1.29 is 13.9 Å². The van der Waals surface area contributed by atoms with Crippen LogP contribution in [-0.2, 0) is 11.2 Å². The van der Waals surface area contributed by atoms with E-state index in [9.17, 15) is 4.79 Å². The van der Waals surface area contributed by atoms with Gasteiger partial charge in [0.05, 0.1) is 25.2 Å². The van der Waals surface area contributed by atoms with Gasteiger partial charge in [0.2, 0.25) is 0 Å². The number of carbonyl (C=O) groups is 1. The maximum absolute atomic E-state index is 12.4. The van der Waals surface area contributed by atoms with E-state index in [1.54, 1.807) is 24.3 Å². The maximum Gasteiger partial charge on any atom is 0.291 e. The second kappa shape index (κ2) is 9.60. The quantitative estimate of drug-likeness (QED) is 0.378. The van der Waals surface area contributed by atoms with Crippen LogP contribution in [0, 0.1) is 0 Å². The molecule has 2 aromatic carbocycles. The number of nitrogens with zero attached hydrogens (tertiary/aromatic N) is 3. The predicted octanol–water partition coefficient (Wildman–Crippen LogP) is 5.76. The topological polar surface area (TPSA) is 80.0 Å². The highest BCUT2D eigenvalue weighted by molar-refractivity contribution is 6.34. The number of hydrogen-bond acceptors (Lipinski definition) is 6. The van der Waals surface area contributed by atoms with Crippen molar-refractivity contribution in [3.8, 4) is 11.1 Å². The molecule has 6 rings (SSSR count). The fourth-order valence-electron chi connectivity index (χ4n) is 4.51. The van der Waals surface area contributed by atoms with Gasteiger partial charge < -0.3 is 19.4 Å². The van der Waals surface area contributed by atoms with Gasteiger partial charge in [-0.3, -0.25) is 4.79 Å². The third-order valence-electron chi connectivity index (χ3n) is 6.40. The summed E-state index contributed by atoms with van der Waals surface area (Å²) in [6.07, 6.45) is 3.93. The lowest BCUT2D eigenvalue weighted by Gasteiger charge is -2.28. The van der Waals surface area contributed by atoms with Gasteiger partial charge in [-0.1, -0.05) is 23.7 Å². The summed E-state index contributed by atoms with van der Waals surface area (Å²) >= 11 is 6.52. The number of furan rings is 1. The Morgan fingerprint density at radius 2 is 1.83 bits per heavy atom. The normalized spacial score (nSPS) is 14.9. The second-order valence-electron chi connectivity index (χ2n) is 8.71. The van der Waals surface area contributed by atoms with Crippen molar-refractivity contribution in [2.75, 3.05) is 36.5 Å². The zero-order valence-corrected chi connectivity index (χ0v) is 20.2. The summed E-state index contributed by atoms with van der Waals surface area (Å²) in [5, 5.41) is 3.41. The van der Waals surface area contributed by atoms with Gasteiger partial charge in [0.1, 0.15) is 0 Å². The highest BCUT2D eigenvalue weighted by atomic mass is 35.5. The summed E-state index contributed by atoms with van der Waals surface area (Å²) in [7, 11) is 0. The summed E-state index contributed by atoms with van der Waals surface area (Å²) in [6.45, 7) is 3.36. The van der Waals surface area contributed by atoms with Crippen LogP contribution in [0.4, 0.5) is 17.2 Å². The van der Waals surface area contributed by atoms with E-state index >= 15 is 0 Å². The lowest BCUT2D eigenvalue weighted by atomic mass is 10.0. The lowest BCUT2D eigenvalue weighted by molar-refractivity contribution is 0.0996. The number of morpholine rings is 1. The Morgan fingerprint density at radius 1 is 1.00 bits per heavy atom. The predicted molar refractivity (Wildman–Crippen MR) is 141 cm³/mol. The largest absolute Gasteiger partial charge is 0.459 e. The molecule has 1 amide bonds. The molecule has 2 aromatic heterocycles. The number of rotatable bonds is 5. The van der Waals surface area contributed by atoms with Crippen LogP contribution in [0.15, 0.2) is 82.5 Å². The van der Waals surface area contributed by atoms with Crippen LogP contribution in [0.5, 0.6) is 0 Å². The lowest BCUT2D eigenvalue weighted by Crippen LogP contribution is -2.36. The number of ether oxygens (including phenoxy) is 1. The van der Waals surface area contributed by atoms with Gasteiger partial charge in [-0.25, -0.2) is 9.98 Å². The molecule has 4 aromatic rings. The van der Waals surface area contributed by atoms with Crippen LogP contribution in [0.1, 0.15) is 21.7 Å². The van der Waals surface area contributed by atoms with Crippen LogP contribution in [-0.4, -0.2) is 42.9 Å². The van der Waals surface area contributed by atoms with Gasteiger partial charge in [-0.15, -0.1) is 0 Å². The molecule has 4 heterocycles. The summed E-state index contributed by atoms with van der Waals surface area (Å²) < 4.78 is 10.6. The molecule has 36 heavy (non-hydrogen) atoms. The minimum absolute atomic E-state index is 0.242. The number of hydrogen-bond donors (Lipinski definition) is 1. The first-order chi connectivity index (χ1) is 17.6. The summed E-state index contributed by atoms with van der Waals surface area (Å²) in [5.74, 6) is 0.613. The van der Waals surface area contributed by atoms with Crippen molar-refractivity contribution in [3.63, 3.8) is 0 Å². The van der Waals surface area contributed by atoms with E-state index < -0.39 is 0 Å². The van der Waals surface area contributed by atoms with Crippen molar-refractivity contribution in [2.45, 2.75) is 6.42 Å². The Hall–Kier alpha value is -3.94. The highest BCUT2D eigenvalue weighted by Gasteiger charge is 2.21. The smallest absolute Gasteiger partial charge is 0.291 e. The SMILES string of the molecule is O=C(Nc1ccc(Cl)c(C2=Nc3ncc(-c4ccc(N5CCOCC5)cc4)cc3C2)c1)c1ccco1. The fraction of sp³-hybridized carbons (Fsp3) is 0.179. The number of aliphatic imine (C=N–C) groups is 1. The van der Waals surface area contributed by atoms with E-state index in [1.807, 2.05) is 12.3 Å². The summed E-state index contributed by atoms with van der Waals surface area (Å²) in [5.41, 5.74) is 6.60. The van der Waals surface area contributed by atoms with Gasteiger partial charge in [-0.05, 0) is 54.1 Å². The fourth-order valence-corrected chi connectivity index (χ4v) is 4.73. The van der Waals surface area contributed by atoms with Crippen LogP contribution >= 0.6 is 11.6 Å². The Morgan fingerprint density at radius 3 is 2.61 bits per heavy atom. The van der Waals surface area contributed by atoms with Crippen LogP contribution in [0.2, 0.25) is 5.02 Å². The molecule has 1 fully saturated rings. The molecule has 0 atom stereocenters. The average molecular weight is 499 g/mol. The van der Waals surface area contributed by atoms with Gasteiger partial charge in [-0.2, -0.15) is 0 Å². The maximum atomic E-state index is 12.4. The molecule has 0 spiro atoms. The van der Waals surface area contributed by atoms with Crippen molar-refractivity contribution in [3.05, 3.63) is 95.0 Å². The molecule has 7 nitrogen and oxygen atoms in total. The summed E-state index contributed by atoms with van der Waals surface area (Å²) in [4.78, 5) is 24.1. The molecular formula is C28H23ClN4O3. The van der Waals surface area contributed by atoms with E-state index in [0.717, 1.165) is 54.3 Å². The molecule has 8 heteroatoms. The standard InChI is InChI=1S/C28H23ClN4O3/c29-24-8-5-21(31-28(34)26-2-1-11-36-26)16-23(24)25-15-19-14-20(17-30-27(19)32-25)18-3-6-22(7-4-18)33-9-12-35-13-10-33/h1-8,11,14,16-17H,9-10,12-13,15H2,(H,31,34). The van der Waals surface area contributed by atoms with Crippen LogP contribution in [0.25, 0.3) is 11.1 Å². The number of anilines is 2. The molecule has 0 bridgehead atoms. The molecule has 1 saturated heterocycles. The van der Waals surface area contributed by atoms with Gasteiger partial charge in [0.15, 0.2) is 11.6 Å². The number of amides is 1. The Bertz CT molecular complexity index is 1440. The number of benzene rings is 2. The van der Waals surface area contributed by atoms with E-state index in [4.69, 9.17) is 25.7 Å². The van der Waals surface area contributed by atoms with Crippen LogP contribution in [0.3, 0.4) is 0 Å².